The lowest BCUT2D eigenvalue weighted by Crippen LogP contribution is -2.30. The third-order valence-electron chi connectivity index (χ3n) is 2.85. The van der Waals surface area contributed by atoms with Gasteiger partial charge in [0.25, 0.3) is 5.91 Å². The summed E-state index contributed by atoms with van der Waals surface area (Å²) in [5.41, 5.74) is 12.4. The maximum atomic E-state index is 12.1. The van der Waals surface area contributed by atoms with Crippen molar-refractivity contribution in [3.8, 4) is 0 Å². The molecular formula is C11H15N3O3. The molecule has 6 heteroatoms. The van der Waals surface area contributed by atoms with E-state index < -0.39 is 12.2 Å². The normalized spacial score (nSPS) is 24.0. The number of β-amino-alcohol motifs (C(OH)–C–C–N with tert-alkyl or cyclic N) is 2. The van der Waals surface area contributed by atoms with E-state index in [4.69, 9.17) is 11.5 Å². The topological polar surface area (TPSA) is 113 Å². The van der Waals surface area contributed by atoms with Crippen molar-refractivity contribution in [3.63, 3.8) is 0 Å². The lowest BCUT2D eigenvalue weighted by atomic mass is 10.1. The summed E-state index contributed by atoms with van der Waals surface area (Å²) in [6, 6.07) is 4.65. The molecule has 0 aromatic heterocycles. The number of nitrogens with two attached hydrogens (primary N) is 2. The van der Waals surface area contributed by atoms with Crippen molar-refractivity contribution in [1.29, 1.82) is 0 Å². The molecule has 17 heavy (non-hydrogen) atoms. The van der Waals surface area contributed by atoms with Gasteiger partial charge in [0.15, 0.2) is 0 Å². The molecule has 1 aromatic carbocycles. The van der Waals surface area contributed by atoms with Gasteiger partial charge in [0, 0.05) is 24.5 Å². The van der Waals surface area contributed by atoms with E-state index >= 15 is 0 Å². The van der Waals surface area contributed by atoms with Gasteiger partial charge in [-0.15, -0.1) is 0 Å². The summed E-state index contributed by atoms with van der Waals surface area (Å²) >= 11 is 0. The summed E-state index contributed by atoms with van der Waals surface area (Å²) in [5, 5.41) is 18.8. The molecule has 1 aromatic rings. The number of anilines is 2. The Hall–Kier alpha value is -1.79. The lowest BCUT2D eigenvalue weighted by molar-refractivity contribution is 0.0572. The number of hydrogen-bond donors (Lipinski definition) is 4. The molecule has 1 amide bonds. The summed E-state index contributed by atoms with van der Waals surface area (Å²) < 4.78 is 0. The van der Waals surface area contributed by atoms with Crippen LogP contribution < -0.4 is 11.5 Å². The van der Waals surface area contributed by atoms with Crippen molar-refractivity contribution in [2.24, 2.45) is 0 Å². The van der Waals surface area contributed by atoms with Gasteiger partial charge in [-0.1, -0.05) is 0 Å². The largest absolute Gasteiger partial charge is 0.399 e. The lowest BCUT2D eigenvalue weighted by Gasteiger charge is -2.16. The van der Waals surface area contributed by atoms with Gasteiger partial charge in [-0.3, -0.25) is 4.79 Å². The molecule has 1 heterocycles. The third kappa shape index (κ3) is 2.17. The smallest absolute Gasteiger partial charge is 0.256 e. The second-order valence-corrected chi connectivity index (χ2v) is 4.19. The minimum absolute atomic E-state index is 0.115. The Labute approximate surface area is 98.4 Å². The second-order valence-electron chi connectivity index (χ2n) is 4.19. The first-order valence-electron chi connectivity index (χ1n) is 5.29. The fourth-order valence-electron chi connectivity index (χ4n) is 1.88. The molecule has 0 radical (unpaired) electrons. The van der Waals surface area contributed by atoms with Crippen LogP contribution in [0.1, 0.15) is 10.4 Å². The molecular weight excluding hydrogens is 222 g/mol. The summed E-state index contributed by atoms with van der Waals surface area (Å²) in [6.07, 6.45) is -1.79. The third-order valence-corrected chi connectivity index (χ3v) is 2.85. The minimum atomic E-state index is -0.894. The highest BCUT2D eigenvalue weighted by Gasteiger charge is 2.33. The Morgan fingerprint density at radius 1 is 1.24 bits per heavy atom. The molecule has 0 saturated carbocycles. The van der Waals surface area contributed by atoms with E-state index in [1.54, 1.807) is 12.1 Å². The number of likely N-dealkylation sites (tertiary alicyclic amines) is 1. The van der Waals surface area contributed by atoms with E-state index in [2.05, 4.69) is 0 Å². The molecule has 2 unspecified atom stereocenters. The maximum Gasteiger partial charge on any atom is 0.256 e. The van der Waals surface area contributed by atoms with Gasteiger partial charge in [-0.05, 0) is 18.2 Å². The standard InChI is InChI=1S/C11H15N3O3/c12-6-1-2-7(8(13)3-6)11(17)14-4-9(15)10(16)5-14/h1-3,9-10,15-16H,4-5,12-13H2. The Morgan fingerprint density at radius 2 is 1.82 bits per heavy atom. The zero-order valence-corrected chi connectivity index (χ0v) is 9.21. The quantitative estimate of drug-likeness (QED) is 0.469. The highest BCUT2D eigenvalue weighted by Crippen LogP contribution is 2.20. The van der Waals surface area contributed by atoms with Gasteiger partial charge >= 0.3 is 0 Å². The van der Waals surface area contributed by atoms with Crippen LogP contribution in [-0.2, 0) is 0 Å². The molecule has 1 aliphatic rings. The first-order valence-corrected chi connectivity index (χ1v) is 5.29. The van der Waals surface area contributed by atoms with Crippen LogP contribution in [0.5, 0.6) is 0 Å². The van der Waals surface area contributed by atoms with Crippen molar-refractivity contribution in [2.75, 3.05) is 24.6 Å². The second kappa shape index (κ2) is 4.23. The fraction of sp³-hybridized carbons (Fsp3) is 0.364. The molecule has 0 aliphatic carbocycles. The van der Waals surface area contributed by atoms with Gasteiger partial charge in [0.1, 0.15) is 0 Å². The molecule has 92 valence electrons. The summed E-state index contributed by atoms with van der Waals surface area (Å²) in [6.45, 7) is 0.230. The van der Waals surface area contributed by atoms with Gasteiger partial charge in [-0.2, -0.15) is 0 Å². The molecule has 2 rings (SSSR count). The molecule has 6 N–H and O–H groups in total. The SMILES string of the molecule is Nc1ccc(C(=O)N2CC(O)C(O)C2)c(N)c1. The van der Waals surface area contributed by atoms with Gasteiger partial charge < -0.3 is 26.6 Å². The number of rotatable bonds is 1. The van der Waals surface area contributed by atoms with E-state index in [1.165, 1.54) is 11.0 Å². The van der Waals surface area contributed by atoms with Crippen molar-refractivity contribution in [3.05, 3.63) is 23.8 Å². The zero-order chi connectivity index (χ0) is 12.6. The highest BCUT2D eigenvalue weighted by molar-refractivity contribution is 5.99. The fourth-order valence-corrected chi connectivity index (χ4v) is 1.88. The average molecular weight is 237 g/mol. The van der Waals surface area contributed by atoms with Crippen molar-refractivity contribution < 1.29 is 15.0 Å². The van der Waals surface area contributed by atoms with Gasteiger partial charge in [0.2, 0.25) is 0 Å². The number of carbonyl (C=O) groups excluding carboxylic acids is 1. The molecule has 1 fully saturated rings. The first-order chi connectivity index (χ1) is 7.99. The highest BCUT2D eigenvalue weighted by atomic mass is 16.3. The number of nitrogen functional groups attached to an aromatic ring is 2. The van der Waals surface area contributed by atoms with Crippen LogP contribution >= 0.6 is 0 Å². The number of benzene rings is 1. The number of carbonyl (C=O) groups is 1. The number of amides is 1. The van der Waals surface area contributed by atoms with Gasteiger partial charge in [-0.25, -0.2) is 0 Å². The Bertz CT molecular complexity index is 440. The van der Waals surface area contributed by atoms with Crippen molar-refractivity contribution in [1.82, 2.24) is 4.90 Å². The van der Waals surface area contributed by atoms with E-state index in [0.717, 1.165) is 0 Å². The monoisotopic (exact) mass is 237 g/mol. The summed E-state index contributed by atoms with van der Waals surface area (Å²) in [7, 11) is 0. The average Bonchev–Trinajstić information content (AvgIpc) is 2.58. The van der Waals surface area contributed by atoms with Gasteiger partial charge in [0.05, 0.1) is 17.8 Å². The minimum Gasteiger partial charge on any atom is -0.399 e. The molecule has 6 nitrogen and oxygen atoms in total. The van der Waals surface area contributed by atoms with Crippen LogP contribution in [0.3, 0.4) is 0 Å². The van der Waals surface area contributed by atoms with Crippen LogP contribution in [0.2, 0.25) is 0 Å². The number of aliphatic hydroxyl groups excluding tert-OH is 2. The van der Waals surface area contributed by atoms with E-state index in [-0.39, 0.29) is 19.0 Å². The maximum absolute atomic E-state index is 12.1. The van der Waals surface area contributed by atoms with Crippen molar-refractivity contribution in [2.45, 2.75) is 12.2 Å². The predicted molar refractivity (Wildman–Crippen MR) is 63.2 cm³/mol. The Morgan fingerprint density at radius 3 is 2.35 bits per heavy atom. The zero-order valence-electron chi connectivity index (χ0n) is 9.21. The summed E-state index contributed by atoms with van der Waals surface area (Å²) in [4.78, 5) is 13.4. The predicted octanol–water partition coefficient (Wildman–Crippen LogP) is -0.971. The van der Waals surface area contributed by atoms with E-state index in [1.807, 2.05) is 0 Å². The number of aliphatic hydroxyl groups is 2. The van der Waals surface area contributed by atoms with E-state index in [9.17, 15) is 15.0 Å². The van der Waals surface area contributed by atoms with E-state index in [0.29, 0.717) is 16.9 Å². The number of nitrogens with zero attached hydrogens (tertiary/aromatic N) is 1. The molecule has 1 aliphatic heterocycles. The van der Waals surface area contributed by atoms with Crippen LogP contribution in [0.25, 0.3) is 0 Å². The Balaban J connectivity index is 2.20. The number of hydrogen-bond acceptors (Lipinski definition) is 5. The summed E-state index contributed by atoms with van der Waals surface area (Å²) in [5.74, 6) is -0.307. The Kier molecular flexibility index (Phi) is 2.91. The van der Waals surface area contributed by atoms with Crippen molar-refractivity contribution >= 4 is 17.3 Å². The molecule has 1 saturated heterocycles. The van der Waals surface area contributed by atoms with Crippen LogP contribution in [0, 0.1) is 0 Å². The molecule has 2 atom stereocenters. The van der Waals surface area contributed by atoms with Crippen LogP contribution in [0.15, 0.2) is 18.2 Å². The van der Waals surface area contributed by atoms with Crippen LogP contribution in [0.4, 0.5) is 11.4 Å². The molecule has 0 bridgehead atoms. The first kappa shape index (κ1) is 11.7. The molecule has 0 spiro atoms. The van der Waals surface area contributed by atoms with Crippen LogP contribution in [-0.4, -0.2) is 46.3 Å².